The van der Waals surface area contributed by atoms with E-state index < -0.39 is 0 Å². The van der Waals surface area contributed by atoms with Crippen LogP contribution in [-0.4, -0.2) is 51.3 Å². The Morgan fingerprint density at radius 2 is 1.75 bits per heavy atom. The van der Waals surface area contributed by atoms with E-state index in [4.69, 9.17) is 4.74 Å². The number of methoxy groups -OCH3 is 1. The van der Waals surface area contributed by atoms with Crippen LogP contribution in [0, 0.1) is 0 Å². The zero-order valence-electron chi connectivity index (χ0n) is 14.9. The van der Waals surface area contributed by atoms with Crippen LogP contribution in [0.1, 0.15) is 30.6 Å². The molecule has 0 aliphatic heterocycles. The van der Waals surface area contributed by atoms with E-state index in [-0.39, 0.29) is 35.5 Å². The molecule has 0 aliphatic rings. The second-order valence-corrected chi connectivity index (χ2v) is 5.79. The third kappa shape index (κ3) is 9.07. The Bertz CT molecular complexity index is 507. The van der Waals surface area contributed by atoms with Gasteiger partial charge in [0, 0.05) is 39.4 Å². The van der Waals surface area contributed by atoms with E-state index in [1.807, 2.05) is 32.0 Å². The topological polar surface area (TPSA) is 74.8 Å². The second-order valence-electron chi connectivity index (χ2n) is 5.79. The molecule has 0 heterocycles. The van der Waals surface area contributed by atoms with Gasteiger partial charge < -0.3 is 20.7 Å². The highest BCUT2D eigenvalue weighted by molar-refractivity contribution is 14.0. The number of aliphatic imine (C=N–C) groups is 1. The number of halogens is 1. The summed E-state index contributed by atoms with van der Waals surface area (Å²) in [4.78, 5) is 16.0. The molecular weight excluding hydrogens is 419 g/mol. The standard InChI is InChI=1S/C17H28N4O2.HI/c1-17(2,23-4)13-21-16(18-3)20-12-8-11-19-15(22)14-9-6-5-7-10-14;/h5-7,9-10H,8,11-13H2,1-4H3,(H,19,22)(H2,18,20,21);1H. The molecule has 0 bridgehead atoms. The zero-order valence-corrected chi connectivity index (χ0v) is 17.2. The van der Waals surface area contributed by atoms with Crippen LogP contribution in [0.4, 0.5) is 0 Å². The van der Waals surface area contributed by atoms with Gasteiger partial charge in [0.1, 0.15) is 0 Å². The van der Waals surface area contributed by atoms with Crippen LogP contribution < -0.4 is 16.0 Å². The van der Waals surface area contributed by atoms with Crippen LogP contribution in [0.25, 0.3) is 0 Å². The van der Waals surface area contributed by atoms with Gasteiger partial charge in [-0.2, -0.15) is 0 Å². The molecule has 1 amide bonds. The molecule has 0 spiro atoms. The fraction of sp³-hybridized carbons (Fsp3) is 0.529. The summed E-state index contributed by atoms with van der Waals surface area (Å²) < 4.78 is 5.35. The van der Waals surface area contributed by atoms with E-state index >= 15 is 0 Å². The Balaban J connectivity index is 0.00000529. The summed E-state index contributed by atoms with van der Waals surface area (Å²) >= 11 is 0. The normalized spacial score (nSPS) is 11.4. The first-order valence-electron chi connectivity index (χ1n) is 7.81. The number of guanidine groups is 1. The van der Waals surface area contributed by atoms with Crippen LogP contribution in [0.2, 0.25) is 0 Å². The van der Waals surface area contributed by atoms with Crippen LogP contribution in [0.5, 0.6) is 0 Å². The second kappa shape index (κ2) is 12.1. The van der Waals surface area contributed by atoms with Crippen molar-refractivity contribution in [2.24, 2.45) is 4.99 Å². The van der Waals surface area contributed by atoms with Crippen molar-refractivity contribution in [1.82, 2.24) is 16.0 Å². The Morgan fingerprint density at radius 1 is 1.12 bits per heavy atom. The number of amides is 1. The van der Waals surface area contributed by atoms with Crippen molar-refractivity contribution < 1.29 is 9.53 Å². The first kappa shape index (κ1) is 22.6. The van der Waals surface area contributed by atoms with Crippen molar-refractivity contribution in [3.05, 3.63) is 35.9 Å². The number of carbonyl (C=O) groups excluding carboxylic acids is 1. The largest absolute Gasteiger partial charge is 0.377 e. The van der Waals surface area contributed by atoms with E-state index in [2.05, 4.69) is 20.9 Å². The molecule has 1 aromatic rings. The minimum absolute atomic E-state index is 0. The SMILES string of the molecule is CN=C(NCCCNC(=O)c1ccccc1)NCC(C)(C)OC.I. The Kier molecular flexibility index (Phi) is 11.4. The van der Waals surface area contributed by atoms with E-state index in [1.54, 1.807) is 26.3 Å². The minimum atomic E-state index is -0.249. The Hall–Kier alpha value is -1.35. The maximum Gasteiger partial charge on any atom is 0.251 e. The summed E-state index contributed by atoms with van der Waals surface area (Å²) in [6.07, 6.45) is 0.812. The smallest absolute Gasteiger partial charge is 0.251 e. The van der Waals surface area contributed by atoms with Gasteiger partial charge in [-0.3, -0.25) is 9.79 Å². The number of hydrogen-bond acceptors (Lipinski definition) is 3. The first-order chi connectivity index (χ1) is 11.0. The van der Waals surface area contributed by atoms with Gasteiger partial charge in [0.05, 0.1) is 5.60 Å². The van der Waals surface area contributed by atoms with Crippen molar-refractivity contribution in [1.29, 1.82) is 0 Å². The highest BCUT2D eigenvalue weighted by atomic mass is 127. The number of nitrogens with one attached hydrogen (secondary N) is 3. The number of rotatable bonds is 8. The molecule has 0 aliphatic carbocycles. The molecule has 24 heavy (non-hydrogen) atoms. The van der Waals surface area contributed by atoms with Gasteiger partial charge in [-0.15, -0.1) is 24.0 Å². The summed E-state index contributed by atoms with van der Waals surface area (Å²) in [7, 11) is 3.42. The molecule has 0 saturated carbocycles. The van der Waals surface area contributed by atoms with E-state index in [0.29, 0.717) is 18.7 Å². The van der Waals surface area contributed by atoms with E-state index in [9.17, 15) is 4.79 Å². The van der Waals surface area contributed by atoms with E-state index in [0.717, 1.165) is 18.9 Å². The lowest BCUT2D eigenvalue weighted by atomic mass is 10.1. The van der Waals surface area contributed by atoms with Gasteiger partial charge in [0.15, 0.2) is 5.96 Å². The molecule has 3 N–H and O–H groups in total. The minimum Gasteiger partial charge on any atom is -0.377 e. The predicted octanol–water partition coefficient (Wildman–Crippen LogP) is 2.01. The third-order valence-corrected chi connectivity index (χ3v) is 3.43. The van der Waals surface area contributed by atoms with Gasteiger partial charge in [-0.05, 0) is 32.4 Å². The summed E-state index contributed by atoms with van der Waals surface area (Å²) in [5, 5.41) is 9.32. The number of benzene rings is 1. The number of hydrogen-bond donors (Lipinski definition) is 3. The summed E-state index contributed by atoms with van der Waals surface area (Å²) in [6, 6.07) is 9.21. The van der Waals surface area contributed by atoms with Crippen molar-refractivity contribution in [2.75, 3.05) is 33.8 Å². The predicted molar refractivity (Wildman–Crippen MR) is 109 cm³/mol. The van der Waals surface area contributed by atoms with Gasteiger partial charge >= 0.3 is 0 Å². The number of nitrogens with zero attached hydrogens (tertiary/aromatic N) is 1. The summed E-state index contributed by atoms with van der Waals surface area (Å²) in [5.74, 6) is 0.680. The highest BCUT2D eigenvalue weighted by Gasteiger charge is 2.16. The van der Waals surface area contributed by atoms with Crippen LogP contribution in [0.3, 0.4) is 0 Å². The van der Waals surface area contributed by atoms with Gasteiger partial charge in [0.25, 0.3) is 5.91 Å². The van der Waals surface area contributed by atoms with Gasteiger partial charge in [0.2, 0.25) is 0 Å². The third-order valence-electron chi connectivity index (χ3n) is 3.43. The molecule has 0 aromatic heterocycles. The van der Waals surface area contributed by atoms with Gasteiger partial charge in [-0.1, -0.05) is 18.2 Å². The first-order valence-corrected chi connectivity index (χ1v) is 7.81. The molecule has 0 unspecified atom stereocenters. The maximum atomic E-state index is 11.9. The number of carbonyl (C=O) groups is 1. The average molecular weight is 448 g/mol. The lowest BCUT2D eigenvalue weighted by molar-refractivity contribution is 0.0268. The molecule has 136 valence electrons. The van der Waals surface area contributed by atoms with Crippen LogP contribution in [0.15, 0.2) is 35.3 Å². The Morgan fingerprint density at radius 3 is 2.33 bits per heavy atom. The Labute approximate surface area is 161 Å². The van der Waals surface area contributed by atoms with Crippen molar-refractivity contribution in [3.8, 4) is 0 Å². The molecule has 0 fully saturated rings. The summed E-state index contributed by atoms with van der Waals surface area (Å²) in [5.41, 5.74) is 0.432. The molecule has 0 atom stereocenters. The maximum absolute atomic E-state index is 11.9. The van der Waals surface area contributed by atoms with Crippen molar-refractivity contribution >= 4 is 35.8 Å². The average Bonchev–Trinajstić information content (AvgIpc) is 2.57. The molecule has 1 aromatic carbocycles. The highest BCUT2D eigenvalue weighted by Crippen LogP contribution is 2.04. The molecule has 7 heteroatoms. The molecule has 0 saturated heterocycles. The van der Waals surface area contributed by atoms with Gasteiger partial charge in [-0.25, -0.2) is 0 Å². The molecule has 1 rings (SSSR count). The summed E-state index contributed by atoms with van der Waals surface area (Å²) in [6.45, 7) is 6.01. The quantitative estimate of drug-likeness (QED) is 0.246. The van der Waals surface area contributed by atoms with Crippen LogP contribution >= 0.6 is 24.0 Å². The molecular formula is C17H29IN4O2. The lowest BCUT2D eigenvalue weighted by Crippen LogP contribution is -2.45. The van der Waals surface area contributed by atoms with E-state index in [1.165, 1.54) is 0 Å². The monoisotopic (exact) mass is 448 g/mol. The lowest BCUT2D eigenvalue weighted by Gasteiger charge is -2.24. The molecule has 0 radical (unpaired) electrons. The zero-order chi connectivity index (χ0) is 17.1. The van der Waals surface area contributed by atoms with Crippen molar-refractivity contribution in [3.63, 3.8) is 0 Å². The van der Waals surface area contributed by atoms with Crippen molar-refractivity contribution in [2.45, 2.75) is 25.9 Å². The fourth-order valence-electron chi connectivity index (χ4n) is 1.78. The van der Waals surface area contributed by atoms with Crippen LogP contribution in [-0.2, 0) is 4.74 Å². The fourth-order valence-corrected chi connectivity index (χ4v) is 1.78. The molecule has 6 nitrogen and oxygen atoms in total. The number of ether oxygens (including phenoxy) is 1.